The van der Waals surface area contributed by atoms with E-state index in [1.54, 1.807) is 42.6 Å². The van der Waals surface area contributed by atoms with E-state index >= 15 is 0 Å². The fourth-order valence-corrected chi connectivity index (χ4v) is 3.27. The van der Waals surface area contributed by atoms with E-state index in [0.717, 1.165) is 4.88 Å². The molecule has 2 N–H and O–H groups in total. The minimum Gasteiger partial charge on any atom is -0.443 e. The number of nitrogens with zero attached hydrogens (tertiary/aromatic N) is 2. The van der Waals surface area contributed by atoms with Gasteiger partial charge < -0.3 is 15.1 Å². The van der Waals surface area contributed by atoms with Gasteiger partial charge in [0.05, 0.1) is 22.7 Å². The third-order valence-electron chi connectivity index (χ3n) is 4.02. The quantitative estimate of drug-likeness (QED) is 0.507. The van der Waals surface area contributed by atoms with Gasteiger partial charge in [-0.2, -0.15) is 0 Å². The van der Waals surface area contributed by atoms with Gasteiger partial charge in [0.15, 0.2) is 0 Å². The number of nitrogens with one attached hydrogen (secondary N) is 2. The van der Waals surface area contributed by atoms with Crippen LogP contribution in [0.4, 0.5) is 5.69 Å². The molecule has 29 heavy (non-hydrogen) atoms. The maximum Gasteiger partial charge on any atom is 0.257 e. The zero-order valence-electron chi connectivity index (χ0n) is 15.2. The van der Waals surface area contributed by atoms with Crippen molar-refractivity contribution in [3.05, 3.63) is 89.4 Å². The number of rotatable bonds is 6. The Hall–Kier alpha value is -3.78. The van der Waals surface area contributed by atoms with Gasteiger partial charge >= 0.3 is 0 Å². The Bertz CT molecular complexity index is 1120. The standard InChI is InChI=1S/C21H16N4O3S/c26-19(23-12-17-13-28-21(25-17)18-7-3-9-29-18)14-4-1-6-16(10-14)24-20(27)15-5-2-8-22-11-15/h1-11,13H,12H2,(H,23,26)(H,24,27). The fourth-order valence-electron chi connectivity index (χ4n) is 2.61. The predicted octanol–water partition coefficient (Wildman–Crippen LogP) is 3.98. The number of benzene rings is 1. The second-order valence-corrected chi connectivity index (χ2v) is 7.03. The molecule has 1 aromatic carbocycles. The number of oxazole rings is 1. The van der Waals surface area contributed by atoms with E-state index in [9.17, 15) is 9.59 Å². The first-order valence-corrected chi connectivity index (χ1v) is 9.65. The summed E-state index contributed by atoms with van der Waals surface area (Å²) in [6.07, 6.45) is 4.61. The summed E-state index contributed by atoms with van der Waals surface area (Å²) in [6, 6.07) is 13.9. The minimum atomic E-state index is -0.292. The molecule has 7 nitrogen and oxygen atoms in total. The first-order valence-electron chi connectivity index (χ1n) is 8.77. The van der Waals surface area contributed by atoms with Crippen molar-refractivity contribution in [3.8, 4) is 10.8 Å². The van der Waals surface area contributed by atoms with Crippen LogP contribution in [-0.4, -0.2) is 21.8 Å². The van der Waals surface area contributed by atoms with Crippen molar-refractivity contribution in [2.45, 2.75) is 6.54 Å². The first kappa shape index (κ1) is 18.6. The highest BCUT2D eigenvalue weighted by molar-refractivity contribution is 7.13. The van der Waals surface area contributed by atoms with E-state index in [1.807, 2.05) is 17.5 Å². The number of pyridine rings is 1. The number of carbonyl (C=O) groups is 2. The van der Waals surface area contributed by atoms with Crippen LogP contribution in [0, 0.1) is 0 Å². The number of aromatic nitrogens is 2. The SMILES string of the molecule is O=C(NCc1coc(-c2cccs2)n1)c1cccc(NC(=O)c2cccnc2)c1. The molecule has 3 aromatic heterocycles. The first-order chi connectivity index (χ1) is 14.2. The Morgan fingerprint density at radius 2 is 1.93 bits per heavy atom. The zero-order valence-corrected chi connectivity index (χ0v) is 16.0. The average molecular weight is 404 g/mol. The second kappa shape index (κ2) is 8.49. The number of amides is 2. The van der Waals surface area contributed by atoms with Crippen LogP contribution in [0.25, 0.3) is 10.8 Å². The van der Waals surface area contributed by atoms with Crippen molar-refractivity contribution < 1.29 is 14.0 Å². The molecular formula is C21H16N4O3S. The molecule has 0 radical (unpaired) electrons. The maximum absolute atomic E-state index is 12.5. The van der Waals surface area contributed by atoms with E-state index in [1.165, 1.54) is 23.8 Å². The molecule has 4 aromatic rings. The number of thiophene rings is 1. The monoisotopic (exact) mass is 404 g/mol. The van der Waals surface area contributed by atoms with Gasteiger partial charge in [-0.25, -0.2) is 4.98 Å². The lowest BCUT2D eigenvalue weighted by molar-refractivity contribution is 0.0949. The lowest BCUT2D eigenvalue weighted by atomic mass is 10.1. The van der Waals surface area contributed by atoms with Crippen LogP contribution in [0.1, 0.15) is 26.4 Å². The van der Waals surface area contributed by atoms with E-state index in [2.05, 4.69) is 20.6 Å². The Labute approximate surface area is 170 Å². The second-order valence-electron chi connectivity index (χ2n) is 6.08. The van der Waals surface area contributed by atoms with Crippen molar-refractivity contribution in [1.82, 2.24) is 15.3 Å². The van der Waals surface area contributed by atoms with Crippen LogP contribution < -0.4 is 10.6 Å². The number of hydrogen-bond acceptors (Lipinski definition) is 6. The summed E-state index contributed by atoms with van der Waals surface area (Å²) in [6.45, 7) is 0.236. The van der Waals surface area contributed by atoms with Crippen LogP contribution in [-0.2, 0) is 6.54 Å². The fraction of sp³-hybridized carbons (Fsp3) is 0.0476. The summed E-state index contributed by atoms with van der Waals surface area (Å²) in [5.74, 6) is -0.0353. The van der Waals surface area contributed by atoms with Crippen molar-refractivity contribution in [2.75, 3.05) is 5.32 Å². The zero-order chi connectivity index (χ0) is 20.1. The van der Waals surface area contributed by atoms with E-state index in [0.29, 0.717) is 28.4 Å². The van der Waals surface area contributed by atoms with E-state index in [4.69, 9.17) is 4.42 Å². The predicted molar refractivity (Wildman–Crippen MR) is 110 cm³/mol. The molecule has 0 bridgehead atoms. The van der Waals surface area contributed by atoms with E-state index in [-0.39, 0.29) is 18.4 Å². The third-order valence-corrected chi connectivity index (χ3v) is 4.88. The molecular weight excluding hydrogens is 388 g/mol. The van der Waals surface area contributed by atoms with Gasteiger partial charge in [0, 0.05) is 23.6 Å². The van der Waals surface area contributed by atoms with Crippen LogP contribution in [0.15, 0.2) is 77.0 Å². The molecule has 0 saturated carbocycles. The van der Waals surface area contributed by atoms with Gasteiger partial charge in [-0.1, -0.05) is 12.1 Å². The molecule has 144 valence electrons. The van der Waals surface area contributed by atoms with Crippen LogP contribution in [0.5, 0.6) is 0 Å². The van der Waals surface area contributed by atoms with Gasteiger partial charge in [-0.3, -0.25) is 14.6 Å². The normalized spacial score (nSPS) is 10.5. The largest absolute Gasteiger partial charge is 0.443 e. The van der Waals surface area contributed by atoms with Crippen molar-refractivity contribution >= 4 is 28.8 Å². The van der Waals surface area contributed by atoms with Gasteiger partial charge in [-0.05, 0) is 41.8 Å². The van der Waals surface area contributed by atoms with Crippen molar-refractivity contribution in [2.24, 2.45) is 0 Å². The summed E-state index contributed by atoms with van der Waals surface area (Å²) in [4.78, 5) is 33.9. The molecule has 8 heteroatoms. The lowest BCUT2D eigenvalue weighted by Gasteiger charge is -2.08. The molecule has 0 saturated heterocycles. The Morgan fingerprint density at radius 3 is 2.72 bits per heavy atom. The van der Waals surface area contributed by atoms with Gasteiger partial charge in [0.1, 0.15) is 6.26 Å². The Kier molecular flexibility index (Phi) is 5.44. The highest BCUT2D eigenvalue weighted by atomic mass is 32.1. The van der Waals surface area contributed by atoms with E-state index < -0.39 is 0 Å². The van der Waals surface area contributed by atoms with Crippen molar-refractivity contribution in [3.63, 3.8) is 0 Å². The summed E-state index contributed by atoms with van der Waals surface area (Å²) in [5.41, 5.74) is 2.02. The number of anilines is 1. The average Bonchev–Trinajstić information content (AvgIpc) is 3.45. The third kappa shape index (κ3) is 4.56. The molecule has 3 heterocycles. The Balaban J connectivity index is 1.38. The highest BCUT2D eigenvalue weighted by Crippen LogP contribution is 2.23. The van der Waals surface area contributed by atoms with Gasteiger partial charge in [0.25, 0.3) is 11.8 Å². The topological polar surface area (TPSA) is 97.1 Å². The molecule has 4 rings (SSSR count). The summed E-state index contributed by atoms with van der Waals surface area (Å²) < 4.78 is 5.45. The molecule has 0 fully saturated rings. The molecule has 0 spiro atoms. The smallest absolute Gasteiger partial charge is 0.257 e. The van der Waals surface area contributed by atoms with Gasteiger partial charge in [0.2, 0.25) is 5.89 Å². The van der Waals surface area contributed by atoms with Crippen LogP contribution >= 0.6 is 11.3 Å². The Morgan fingerprint density at radius 1 is 1.03 bits per heavy atom. The van der Waals surface area contributed by atoms with Crippen LogP contribution in [0.3, 0.4) is 0 Å². The maximum atomic E-state index is 12.5. The summed E-state index contributed by atoms with van der Waals surface area (Å²) in [5, 5.41) is 7.51. The summed E-state index contributed by atoms with van der Waals surface area (Å²) in [7, 11) is 0. The number of carbonyl (C=O) groups excluding carboxylic acids is 2. The molecule has 2 amide bonds. The van der Waals surface area contributed by atoms with Crippen molar-refractivity contribution in [1.29, 1.82) is 0 Å². The number of hydrogen-bond donors (Lipinski definition) is 2. The molecule has 0 unspecified atom stereocenters. The minimum absolute atomic E-state index is 0.236. The molecule has 0 aliphatic heterocycles. The highest BCUT2D eigenvalue weighted by Gasteiger charge is 2.11. The lowest BCUT2D eigenvalue weighted by Crippen LogP contribution is -2.23. The summed E-state index contributed by atoms with van der Waals surface area (Å²) >= 11 is 1.53. The van der Waals surface area contributed by atoms with Gasteiger partial charge in [-0.15, -0.1) is 11.3 Å². The van der Waals surface area contributed by atoms with Crippen LogP contribution in [0.2, 0.25) is 0 Å². The molecule has 0 aliphatic carbocycles. The molecule has 0 atom stereocenters. The molecule has 0 aliphatic rings.